The Balaban J connectivity index is 1.45. The predicted octanol–water partition coefficient (Wildman–Crippen LogP) is 3.56. The molecule has 0 bridgehead atoms. The van der Waals surface area contributed by atoms with Crippen LogP contribution in [0.1, 0.15) is 25.3 Å². The summed E-state index contributed by atoms with van der Waals surface area (Å²) in [6.45, 7) is 8.97. The number of hydrogen-bond donors (Lipinski definition) is 1. The van der Waals surface area contributed by atoms with Crippen LogP contribution in [0.5, 0.6) is 0 Å². The molecule has 152 valence electrons. The van der Waals surface area contributed by atoms with Crippen molar-refractivity contribution >= 4 is 27.3 Å². The average Bonchev–Trinajstić information content (AvgIpc) is 2.69. The van der Waals surface area contributed by atoms with Gasteiger partial charge in [-0.15, -0.1) is 0 Å². The minimum atomic E-state index is -3.46. The molecule has 0 spiro atoms. The van der Waals surface area contributed by atoms with E-state index < -0.39 is 10.0 Å². The lowest BCUT2D eigenvalue weighted by Crippen LogP contribution is -2.48. The first-order valence-corrected chi connectivity index (χ1v) is 11.5. The third-order valence-corrected chi connectivity index (χ3v) is 6.87. The molecule has 1 aliphatic heterocycles. The zero-order chi connectivity index (χ0) is 20.1. The summed E-state index contributed by atoms with van der Waals surface area (Å²) in [7, 11) is -3.46. The molecule has 1 aliphatic rings. The van der Waals surface area contributed by atoms with Crippen LogP contribution < -0.4 is 9.62 Å². The average molecular weight is 422 g/mol. The summed E-state index contributed by atoms with van der Waals surface area (Å²) in [4.78, 5) is 4.94. The van der Waals surface area contributed by atoms with Crippen LogP contribution in [-0.2, 0) is 10.0 Å². The fourth-order valence-corrected chi connectivity index (χ4v) is 4.48. The smallest absolute Gasteiger partial charge is 0.240 e. The molecule has 1 saturated heterocycles. The molecule has 1 fully saturated rings. The molecule has 1 N–H and O–H groups in total. The Hall–Kier alpha value is -1.60. The van der Waals surface area contributed by atoms with E-state index in [-0.39, 0.29) is 0 Å². The highest BCUT2D eigenvalue weighted by Crippen LogP contribution is 2.20. The van der Waals surface area contributed by atoms with E-state index in [1.807, 2.05) is 36.4 Å². The Morgan fingerprint density at radius 2 is 1.57 bits per heavy atom. The molecule has 2 aromatic rings. The monoisotopic (exact) mass is 421 g/mol. The van der Waals surface area contributed by atoms with Crippen LogP contribution in [0.15, 0.2) is 53.4 Å². The van der Waals surface area contributed by atoms with Crippen molar-refractivity contribution in [2.45, 2.75) is 24.7 Å². The maximum atomic E-state index is 12.5. The molecule has 1 heterocycles. The van der Waals surface area contributed by atoms with E-state index in [0.29, 0.717) is 23.9 Å². The zero-order valence-electron chi connectivity index (χ0n) is 16.4. The van der Waals surface area contributed by atoms with Crippen molar-refractivity contribution in [3.63, 3.8) is 0 Å². The number of rotatable bonds is 7. The van der Waals surface area contributed by atoms with Gasteiger partial charge in [-0.3, -0.25) is 4.90 Å². The maximum Gasteiger partial charge on any atom is 0.240 e. The fraction of sp³-hybridized carbons (Fsp3) is 0.429. The Bertz CT molecular complexity index is 860. The molecule has 3 rings (SSSR count). The molecule has 2 aromatic carbocycles. The number of nitrogens with one attached hydrogen (secondary N) is 1. The summed E-state index contributed by atoms with van der Waals surface area (Å²) in [5.74, 6) is 0.385. The van der Waals surface area contributed by atoms with Gasteiger partial charge >= 0.3 is 0 Å². The number of anilines is 1. The highest BCUT2D eigenvalue weighted by molar-refractivity contribution is 7.89. The van der Waals surface area contributed by atoms with Crippen LogP contribution in [0.25, 0.3) is 0 Å². The molecule has 0 aromatic heterocycles. The summed E-state index contributed by atoms with van der Waals surface area (Å²) >= 11 is 5.95. The number of hydrogen-bond acceptors (Lipinski definition) is 4. The van der Waals surface area contributed by atoms with E-state index in [1.54, 1.807) is 12.1 Å². The topological polar surface area (TPSA) is 52.7 Å². The minimum absolute atomic E-state index is 0.324. The first-order chi connectivity index (χ1) is 13.3. The van der Waals surface area contributed by atoms with Gasteiger partial charge in [0, 0.05) is 50.0 Å². The van der Waals surface area contributed by atoms with Crippen molar-refractivity contribution in [1.82, 2.24) is 9.62 Å². The molecule has 5 nitrogen and oxygen atoms in total. The SMILES string of the molecule is CC(C)c1ccc(S(=O)(=O)NCCN2CCN(c3ccc(Cl)cc3)CC2)cc1. The molecular formula is C21H28ClN3O2S. The number of nitrogens with zero attached hydrogens (tertiary/aromatic N) is 2. The van der Waals surface area contributed by atoms with Gasteiger partial charge in [0.25, 0.3) is 0 Å². The Kier molecular flexibility index (Phi) is 6.99. The van der Waals surface area contributed by atoms with Gasteiger partial charge in [-0.05, 0) is 47.9 Å². The maximum absolute atomic E-state index is 12.5. The van der Waals surface area contributed by atoms with Gasteiger partial charge in [-0.25, -0.2) is 13.1 Å². The Morgan fingerprint density at radius 3 is 2.14 bits per heavy atom. The summed E-state index contributed by atoms with van der Waals surface area (Å²) in [6.07, 6.45) is 0. The summed E-state index contributed by atoms with van der Waals surface area (Å²) in [5.41, 5.74) is 2.31. The molecule has 28 heavy (non-hydrogen) atoms. The normalized spacial score (nSPS) is 15.9. The number of halogens is 1. The lowest BCUT2D eigenvalue weighted by atomic mass is 10.0. The molecule has 0 saturated carbocycles. The van der Waals surface area contributed by atoms with Crippen molar-refractivity contribution in [2.75, 3.05) is 44.2 Å². The highest BCUT2D eigenvalue weighted by atomic mass is 35.5. The second-order valence-corrected chi connectivity index (χ2v) is 9.63. The molecule has 0 atom stereocenters. The molecular weight excluding hydrogens is 394 g/mol. The molecule has 0 amide bonds. The molecule has 7 heteroatoms. The summed E-state index contributed by atoms with van der Waals surface area (Å²) < 4.78 is 27.7. The van der Waals surface area contributed by atoms with Gasteiger partial charge in [0.2, 0.25) is 10.0 Å². The van der Waals surface area contributed by atoms with E-state index in [4.69, 9.17) is 11.6 Å². The van der Waals surface area contributed by atoms with Crippen molar-refractivity contribution in [1.29, 1.82) is 0 Å². The van der Waals surface area contributed by atoms with Crippen LogP contribution in [0.2, 0.25) is 5.02 Å². The third-order valence-electron chi connectivity index (χ3n) is 5.14. The van der Waals surface area contributed by atoms with Gasteiger partial charge in [0.05, 0.1) is 4.90 Å². The summed E-state index contributed by atoms with van der Waals surface area (Å²) in [6, 6.07) is 15.0. The van der Waals surface area contributed by atoms with E-state index in [2.05, 4.69) is 28.4 Å². The van der Waals surface area contributed by atoms with Crippen LogP contribution in [0, 0.1) is 0 Å². The summed E-state index contributed by atoms with van der Waals surface area (Å²) in [5, 5.41) is 0.744. The quantitative estimate of drug-likeness (QED) is 0.742. The van der Waals surface area contributed by atoms with Crippen LogP contribution >= 0.6 is 11.6 Å². The second kappa shape index (κ2) is 9.27. The standard InChI is InChI=1S/C21H28ClN3O2S/c1-17(2)18-3-9-21(10-4-18)28(26,27)23-11-12-24-13-15-25(16-14-24)20-7-5-19(22)6-8-20/h3-10,17,23H,11-16H2,1-2H3. The zero-order valence-corrected chi connectivity index (χ0v) is 18.0. The highest BCUT2D eigenvalue weighted by Gasteiger charge is 2.18. The van der Waals surface area contributed by atoms with E-state index in [1.165, 1.54) is 5.69 Å². The van der Waals surface area contributed by atoms with Crippen molar-refractivity contribution in [2.24, 2.45) is 0 Å². The molecule has 0 unspecified atom stereocenters. The van der Waals surface area contributed by atoms with E-state index in [9.17, 15) is 8.42 Å². The minimum Gasteiger partial charge on any atom is -0.369 e. The second-order valence-electron chi connectivity index (χ2n) is 7.43. The first kappa shape index (κ1) is 21.1. The van der Waals surface area contributed by atoms with Crippen LogP contribution in [-0.4, -0.2) is 52.6 Å². The van der Waals surface area contributed by atoms with Gasteiger partial charge in [0.1, 0.15) is 0 Å². The molecule has 0 radical (unpaired) electrons. The largest absolute Gasteiger partial charge is 0.369 e. The van der Waals surface area contributed by atoms with Gasteiger partial charge in [-0.2, -0.15) is 0 Å². The Labute approximate surface area is 173 Å². The number of benzene rings is 2. The lowest BCUT2D eigenvalue weighted by Gasteiger charge is -2.36. The van der Waals surface area contributed by atoms with Gasteiger partial charge in [0.15, 0.2) is 0 Å². The number of piperazine rings is 1. The van der Waals surface area contributed by atoms with Crippen molar-refractivity contribution < 1.29 is 8.42 Å². The van der Waals surface area contributed by atoms with Gasteiger partial charge in [-0.1, -0.05) is 37.6 Å². The first-order valence-electron chi connectivity index (χ1n) is 9.67. The van der Waals surface area contributed by atoms with E-state index >= 15 is 0 Å². The Morgan fingerprint density at radius 1 is 0.964 bits per heavy atom. The van der Waals surface area contributed by atoms with Gasteiger partial charge < -0.3 is 4.90 Å². The third kappa shape index (κ3) is 5.47. The van der Waals surface area contributed by atoms with Crippen LogP contribution in [0.3, 0.4) is 0 Å². The predicted molar refractivity (Wildman–Crippen MR) is 116 cm³/mol. The van der Waals surface area contributed by atoms with Crippen LogP contribution in [0.4, 0.5) is 5.69 Å². The lowest BCUT2D eigenvalue weighted by molar-refractivity contribution is 0.262. The fourth-order valence-electron chi connectivity index (χ4n) is 3.33. The van der Waals surface area contributed by atoms with E-state index in [0.717, 1.165) is 36.8 Å². The van der Waals surface area contributed by atoms with Crippen molar-refractivity contribution in [3.05, 3.63) is 59.1 Å². The van der Waals surface area contributed by atoms with Crippen molar-refractivity contribution in [3.8, 4) is 0 Å². The number of sulfonamides is 1. The molecule has 0 aliphatic carbocycles.